The molecule has 3 rings (SSSR count). The molecule has 2 heterocycles. The fraction of sp³-hybridized carbons (Fsp3) is 0.600. The van der Waals surface area contributed by atoms with E-state index in [-0.39, 0.29) is 0 Å². The predicted molar refractivity (Wildman–Crippen MR) is 78.4 cm³/mol. The van der Waals surface area contributed by atoms with Crippen molar-refractivity contribution in [2.45, 2.75) is 32.5 Å². The summed E-state index contributed by atoms with van der Waals surface area (Å²) < 4.78 is 6.10. The molecule has 3 N–H and O–H groups in total. The third-order valence-corrected chi connectivity index (χ3v) is 4.10. The van der Waals surface area contributed by atoms with E-state index in [2.05, 4.69) is 48.0 Å². The Hall–Kier alpha value is -1.26. The van der Waals surface area contributed by atoms with Crippen LogP contribution in [0.25, 0.3) is 0 Å². The molecule has 4 heteroatoms. The van der Waals surface area contributed by atoms with Crippen LogP contribution in [0.4, 0.5) is 11.4 Å². The molecular weight excluding hydrogens is 238 g/mol. The fourth-order valence-corrected chi connectivity index (χ4v) is 3.15. The van der Waals surface area contributed by atoms with Crippen LogP contribution in [0.2, 0.25) is 0 Å². The second-order valence-corrected chi connectivity index (χ2v) is 5.49. The molecule has 2 aliphatic rings. The van der Waals surface area contributed by atoms with E-state index in [9.17, 15) is 0 Å². The first-order chi connectivity index (χ1) is 9.23. The van der Waals surface area contributed by atoms with Crippen LogP contribution >= 0.6 is 0 Å². The van der Waals surface area contributed by atoms with Gasteiger partial charge in [0.1, 0.15) is 0 Å². The predicted octanol–water partition coefficient (Wildman–Crippen LogP) is 2.52. The molecule has 1 unspecified atom stereocenters. The van der Waals surface area contributed by atoms with Gasteiger partial charge in [-0.05, 0) is 57.5 Å². The van der Waals surface area contributed by atoms with Gasteiger partial charge in [-0.3, -0.25) is 0 Å². The normalized spacial score (nSPS) is 26.6. The maximum absolute atomic E-state index is 6.10. The van der Waals surface area contributed by atoms with Crippen LogP contribution in [0.1, 0.15) is 25.3 Å². The van der Waals surface area contributed by atoms with Gasteiger partial charge >= 0.3 is 0 Å². The number of aryl methyl sites for hydroxylation is 1. The summed E-state index contributed by atoms with van der Waals surface area (Å²) in [6.07, 6.45) is 2.26. The lowest BCUT2D eigenvalue weighted by atomic mass is 9.92. The molecule has 0 saturated carbocycles. The molecule has 1 atom stereocenters. The lowest BCUT2D eigenvalue weighted by Gasteiger charge is -2.40. The van der Waals surface area contributed by atoms with Gasteiger partial charge in [0.15, 0.2) is 0 Å². The summed E-state index contributed by atoms with van der Waals surface area (Å²) in [7, 11) is 0. The standard InChI is InChI=1S/C15H23N3O/c1-3-19-15(12-6-8-16-9-7-12)17-13-5-4-11(2)10-14(13)18-15/h4-5,10,12,16-18H,3,6-9H2,1-2H3. The smallest absolute Gasteiger partial charge is 0.219 e. The minimum Gasteiger partial charge on any atom is -0.338 e. The lowest BCUT2D eigenvalue weighted by Crippen LogP contribution is -2.54. The molecule has 2 aliphatic heterocycles. The van der Waals surface area contributed by atoms with Crippen molar-refractivity contribution in [1.29, 1.82) is 0 Å². The van der Waals surface area contributed by atoms with Crippen molar-refractivity contribution in [2.75, 3.05) is 30.3 Å². The number of rotatable bonds is 3. The Morgan fingerprint density at radius 2 is 1.95 bits per heavy atom. The zero-order chi connectivity index (χ0) is 13.3. The zero-order valence-corrected chi connectivity index (χ0v) is 11.8. The largest absolute Gasteiger partial charge is 0.338 e. The van der Waals surface area contributed by atoms with Crippen molar-refractivity contribution >= 4 is 11.4 Å². The Morgan fingerprint density at radius 1 is 1.21 bits per heavy atom. The first-order valence-electron chi connectivity index (χ1n) is 7.25. The highest BCUT2D eigenvalue weighted by Crippen LogP contribution is 2.41. The van der Waals surface area contributed by atoms with Gasteiger partial charge in [0.05, 0.1) is 11.4 Å². The molecular formula is C15H23N3O. The number of anilines is 2. The molecule has 4 nitrogen and oxygen atoms in total. The van der Waals surface area contributed by atoms with Crippen molar-refractivity contribution in [3.8, 4) is 0 Å². The summed E-state index contributed by atoms with van der Waals surface area (Å²) in [5.41, 5.74) is 3.58. The van der Waals surface area contributed by atoms with Gasteiger partial charge in [0.25, 0.3) is 0 Å². The summed E-state index contributed by atoms with van der Waals surface area (Å²) in [5, 5.41) is 10.6. The van der Waals surface area contributed by atoms with Gasteiger partial charge in [0.2, 0.25) is 5.85 Å². The van der Waals surface area contributed by atoms with Gasteiger partial charge < -0.3 is 20.7 Å². The van der Waals surface area contributed by atoms with Crippen LogP contribution in [-0.4, -0.2) is 25.5 Å². The highest BCUT2D eigenvalue weighted by Gasteiger charge is 2.44. The van der Waals surface area contributed by atoms with Crippen LogP contribution in [0.5, 0.6) is 0 Å². The van der Waals surface area contributed by atoms with Gasteiger partial charge in [-0.1, -0.05) is 6.07 Å². The molecule has 0 aromatic heterocycles. The minimum absolute atomic E-state index is 0.424. The third-order valence-electron chi connectivity index (χ3n) is 4.10. The number of hydrogen-bond acceptors (Lipinski definition) is 4. The van der Waals surface area contributed by atoms with Crippen molar-refractivity contribution in [1.82, 2.24) is 5.32 Å². The van der Waals surface area contributed by atoms with Gasteiger partial charge in [-0.15, -0.1) is 0 Å². The third kappa shape index (κ3) is 2.30. The summed E-state index contributed by atoms with van der Waals surface area (Å²) in [6, 6.07) is 6.46. The van der Waals surface area contributed by atoms with E-state index < -0.39 is 5.85 Å². The molecule has 104 valence electrons. The van der Waals surface area contributed by atoms with Crippen molar-refractivity contribution < 1.29 is 4.74 Å². The number of nitrogens with one attached hydrogen (secondary N) is 3. The van der Waals surface area contributed by atoms with Gasteiger partial charge in [0, 0.05) is 12.5 Å². The Bertz CT molecular complexity index is 457. The molecule has 1 aromatic carbocycles. The Morgan fingerprint density at radius 3 is 2.68 bits per heavy atom. The second-order valence-electron chi connectivity index (χ2n) is 5.49. The van der Waals surface area contributed by atoms with Crippen molar-refractivity contribution in [3.05, 3.63) is 23.8 Å². The highest BCUT2D eigenvalue weighted by atomic mass is 16.5. The number of ether oxygens (including phenoxy) is 1. The molecule has 0 bridgehead atoms. The molecule has 0 spiro atoms. The fourth-order valence-electron chi connectivity index (χ4n) is 3.15. The average Bonchev–Trinajstić information content (AvgIpc) is 2.79. The summed E-state index contributed by atoms with van der Waals surface area (Å²) in [6.45, 7) is 7.01. The number of piperidine rings is 1. The van der Waals surface area contributed by atoms with Crippen molar-refractivity contribution in [2.24, 2.45) is 5.92 Å². The molecule has 0 amide bonds. The molecule has 19 heavy (non-hydrogen) atoms. The van der Waals surface area contributed by atoms with E-state index in [1.165, 1.54) is 5.56 Å². The number of benzene rings is 1. The van der Waals surface area contributed by atoms with Crippen LogP contribution < -0.4 is 16.0 Å². The molecule has 0 aliphatic carbocycles. The molecule has 0 radical (unpaired) electrons. The van der Waals surface area contributed by atoms with Crippen LogP contribution in [0, 0.1) is 12.8 Å². The van der Waals surface area contributed by atoms with E-state index in [1.807, 2.05) is 0 Å². The Labute approximate surface area is 114 Å². The quantitative estimate of drug-likeness (QED) is 0.782. The average molecular weight is 261 g/mol. The lowest BCUT2D eigenvalue weighted by molar-refractivity contribution is -0.0443. The minimum atomic E-state index is -0.424. The van der Waals surface area contributed by atoms with Crippen molar-refractivity contribution in [3.63, 3.8) is 0 Å². The molecule has 1 aromatic rings. The van der Waals surface area contributed by atoms with E-state index in [1.54, 1.807) is 0 Å². The first kappa shape index (κ1) is 12.8. The monoisotopic (exact) mass is 261 g/mol. The first-order valence-corrected chi connectivity index (χ1v) is 7.25. The maximum Gasteiger partial charge on any atom is 0.219 e. The van der Waals surface area contributed by atoms with Gasteiger partial charge in [-0.2, -0.15) is 0 Å². The van der Waals surface area contributed by atoms with E-state index >= 15 is 0 Å². The SMILES string of the molecule is CCOC1(C2CCNCC2)Nc2ccc(C)cc2N1. The van der Waals surface area contributed by atoms with E-state index in [0.29, 0.717) is 12.5 Å². The topological polar surface area (TPSA) is 45.3 Å². The molecule has 1 saturated heterocycles. The number of fused-ring (bicyclic) bond motifs is 1. The Kier molecular flexibility index (Phi) is 3.37. The maximum atomic E-state index is 6.10. The van der Waals surface area contributed by atoms with Crippen LogP contribution in [0.3, 0.4) is 0 Å². The molecule has 1 fully saturated rings. The summed E-state index contributed by atoms with van der Waals surface area (Å²) in [4.78, 5) is 0. The second kappa shape index (κ2) is 5.02. The van der Waals surface area contributed by atoms with E-state index in [4.69, 9.17) is 4.74 Å². The van der Waals surface area contributed by atoms with Crippen LogP contribution in [-0.2, 0) is 4.74 Å². The zero-order valence-electron chi connectivity index (χ0n) is 11.8. The summed E-state index contributed by atoms with van der Waals surface area (Å²) in [5.74, 6) is 0.0638. The highest BCUT2D eigenvalue weighted by molar-refractivity contribution is 5.76. The summed E-state index contributed by atoms with van der Waals surface area (Å²) >= 11 is 0. The number of hydrogen-bond donors (Lipinski definition) is 3. The Balaban J connectivity index is 1.87. The van der Waals surface area contributed by atoms with Gasteiger partial charge in [-0.25, -0.2) is 0 Å². The van der Waals surface area contributed by atoms with Crippen LogP contribution in [0.15, 0.2) is 18.2 Å². The van der Waals surface area contributed by atoms with E-state index in [0.717, 1.165) is 37.3 Å².